The van der Waals surface area contributed by atoms with Crippen LogP contribution in [0.25, 0.3) is 0 Å². The number of hydrogen-bond acceptors (Lipinski definition) is 2. The van der Waals surface area contributed by atoms with Crippen LogP contribution in [-0.4, -0.2) is 5.91 Å². The summed E-state index contributed by atoms with van der Waals surface area (Å²) >= 11 is 0. The van der Waals surface area contributed by atoms with E-state index in [2.05, 4.69) is 26.1 Å². The highest BCUT2D eigenvalue weighted by atomic mass is 16.3. The van der Waals surface area contributed by atoms with E-state index in [0.717, 1.165) is 25.0 Å². The van der Waals surface area contributed by atoms with Gasteiger partial charge in [-0.1, -0.05) is 20.8 Å². The van der Waals surface area contributed by atoms with Crippen molar-refractivity contribution in [1.82, 2.24) is 5.32 Å². The number of fused-ring (bicyclic) bond motifs is 1. The number of nitrogens with one attached hydrogen (secondary N) is 1. The van der Waals surface area contributed by atoms with Gasteiger partial charge >= 0.3 is 0 Å². The van der Waals surface area contributed by atoms with Crippen molar-refractivity contribution in [3.63, 3.8) is 0 Å². The van der Waals surface area contributed by atoms with E-state index < -0.39 is 0 Å². The van der Waals surface area contributed by atoms with Crippen LogP contribution in [-0.2, 0) is 11.2 Å². The van der Waals surface area contributed by atoms with Crippen LogP contribution in [0.3, 0.4) is 0 Å². The molecule has 1 heterocycles. The third-order valence-corrected chi connectivity index (χ3v) is 3.08. The summed E-state index contributed by atoms with van der Waals surface area (Å²) in [7, 11) is 0. The van der Waals surface area contributed by atoms with E-state index in [-0.39, 0.29) is 17.4 Å². The van der Waals surface area contributed by atoms with Crippen LogP contribution < -0.4 is 5.32 Å². The molecule has 1 unspecified atom stereocenters. The summed E-state index contributed by atoms with van der Waals surface area (Å²) in [6.07, 6.45) is 5.38. The predicted octanol–water partition coefficient (Wildman–Crippen LogP) is 3.21. The van der Waals surface area contributed by atoms with E-state index in [1.54, 1.807) is 6.26 Å². The average Bonchev–Trinajstić information content (AvgIpc) is 2.63. The zero-order valence-electron chi connectivity index (χ0n) is 10.9. The quantitative estimate of drug-likeness (QED) is 0.855. The third-order valence-electron chi connectivity index (χ3n) is 3.08. The van der Waals surface area contributed by atoms with Crippen molar-refractivity contribution in [2.75, 3.05) is 0 Å². The molecular weight excluding hydrogens is 214 g/mol. The minimum absolute atomic E-state index is 0.0397. The van der Waals surface area contributed by atoms with E-state index in [4.69, 9.17) is 4.42 Å². The van der Waals surface area contributed by atoms with Crippen LogP contribution in [0, 0.1) is 5.41 Å². The number of hydrogen-bond donors (Lipinski definition) is 1. The highest BCUT2D eigenvalue weighted by molar-refractivity contribution is 5.77. The van der Waals surface area contributed by atoms with Crippen molar-refractivity contribution in [3.8, 4) is 0 Å². The molecule has 1 amide bonds. The van der Waals surface area contributed by atoms with Gasteiger partial charge in [0.25, 0.3) is 0 Å². The second-order valence-electron chi connectivity index (χ2n) is 6.05. The average molecular weight is 235 g/mol. The van der Waals surface area contributed by atoms with Gasteiger partial charge in [-0.05, 0) is 24.3 Å². The van der Waals surface area contributed by atoms with Crippen LogP contribution in [0.1, 0.15) is 57.4 Å². The molecule has 0 radical (unpaired) electrons. The smallest absolute Gasteiger partial charge is 0.221 e. The molecule has 3 heteroatoms. The molecule has 0 spiro atoms. The fraction of sp³-hybridized carbons (Fsp3) is 0.643. The minimum atomic E-state index is 0.0397. The summed E-state index contributed by atoms with van der Waals surface area (Å²) in [6, 6.07) is 2.13. The zero-order valence-corrected chi connectivity index (χ0v) is 10.9. The van der Waals surface area contributed by atoms with Gasteiger partial charge in [0.2, 0.25) is 5.91 Å². The molecule has 0 bridgehead atoms. The van der Waals surface area contributed by atoms with E-state index >= 15 is 0 Å². The van der Waals surface area contributed by atoms with Crippen LogP contribution >= 0.6 is 0 Å². The summed E-state index contributed by atoms with van der Waals surface area (Å²) in [6.45, 7) is 6.24. The zero-order chi connectivity index (χ0) is 12.5. The molecule has 3 nitrogen and oxygen atoms in total. The highest BCUT2D eigenvalue weighted by Gasteiger charge is 2.25. The Morgan fingerprint density at radius 3 is 3.00 bits per heavy atom. The lowest BCUT2D eigenvalue weighted by Gasteiger charge is -2.25. The predicted molar refractivity (Wildman–Crippen MR) is 66.6 cm³/mol. The molecule has 0 fully saturated rings. The van der Waals surface area contributed by atoms with Crippen LogP contribution in [0.5, 0.6) is 0 Å². The van der Waals surface area contributed by atoms with Gasteiger partial charge in [-0.25, -0.2) is 0 Å². The molecule has 1 aliphatic rings. The minimum Gasteiger partial charge on any atom is -0.469 e. The molecule has 0 saturated carbocycles. The van der Waals surface area contributed by atoms with Crippen molar-refractivity contribution in [1.29, 1.82) is 0 Å². The molecule has 1 aromatic rings. The van der Waals surface area contributed by atoms with Crippen molar-refractivity contribution in [2.45, 2.75) is 52.5 Å². The molecule has 0 saturated heterocycles. The second-order valence-corrected chi connectivity index (χ2v) is 6.05. The first-order valence-corrected chi connectivity index (χ1v) is 6.31. The Hall–Kier alpha value is -1.25. The molecule has 17 heavy (non-hydrogen) atoms. The first kappa shape index (κ1) is 12.2. The summed E-state index contributed by atoms with van der Waals surface area (Å²) in [5.74, 6) is 1.17. The van der Waals surface area contributed by atoms with E-state index in [9.17, 15) is 4.79 Å². The summed E-state index contributed by atoms with van der Waals surface area (Å²) in [4.78, 5) is 11.9. The number of carbonyl (C=O) groups is 1. The van der Waals surface area contributed by atoms with Crippen LogP contribution in [0.2, 0.25) is 0 Å². The van der Waals surface area contributed by atoms with Gasteiger partial charge in [0.1, 0.15) is 5.76 Å². The third kappa shape index (κ3) is 3.11. The summed E-state index contributed by atoms with van der Waals surface area (Å²) in [5, 5.41) is 3.12. The van der Waals surface area contributed by atoms with Gasteiger partial charge in [-0.15, -0.1) is 0 Å². The van der Waals surface area contributed by atoms with Gasteiger partial charge < -0.3 is 9.73 Å². The number of rotatable bonds is 2. The molecule has 1 N–H and O–H groups in total. The van der Waals surface area contributed by atoms with Crippen molar-refractivity contribution < 1.29 is 9.21 Å². The molecule has 0 aromatic carbocycles. The Morgan fingerprint density at radius 1 is 1.53 bits per heavy atom. The lowest BCUT2D eigenvalue weighted by Crippen LogP contribution is -2.32. The van der Waals surface area contributed by atoms with Gasteiger partial charge in [0, 0.05) is 18.4 Å². The number of aryl methyl sites for hydroxylation is 1. The SMILES string of the molecule is CC(C)(C)CC(=O)NC1CCCc2occc21. The maximum absolute atomic E-state index is 11.9. The lowest BCUT2D eigenvalue weighted by molar-refractivity contribution is -0.123. The van der Waals surface area contributed by atoms with Gasteiger partial charge in [0.05, 0.1) is 12.3 Å². The summed E-state index contributed by atoms with van der Waals surface area (Å²) < 4.78 is 5.42. The normalized spacial score (nSPS) is 19.8. The van der Waals surface area contributed by atoms with Gasteiger partial charge in [-0.2, -0.15) is 0 Å². The highest BCUT2D eigenvalue weighted by Crippen LogP contribution is 2.31. The van der Waals surface area contributed by atoms with E-state index in [1.165, 1.54) is 5.56 Å². The molecule has 1 aromatic heterocycles. The Morgan fingerprint density at radius 2 is 2.29 bits per heavy atom. The van der Waals surface area contributed by atoms with Crippen LogP contribution in [0.4, 0.5) is 0 Å². The number of carbonyl (C=O) groups excluding carboxylic acids is 1. The molecule has 0 aliphatic heterocycles. The molecule has 1 atom stereocenters. The molecular formula is C14H21NO2. The fourth-order valence-electron chi connectivity index (χ4n) is 2.36. The van der Waals surface area contributed by atoms with Crippen molar-refractivity contribution >= 4 is 5.91 Å². The Labute approximate surface area is 103 Å². The van der Waals surface area contributed by atoms with E-state index in [0.29, 0.717) is 6.42 Å². The monoisotopic (exact) mass is 235 g/mol. The number of amides is 1. The van der Waals surface area contributed by atoms with Crippen molar-refractivity contribution in [2.24, 2.45) is 5.41 Å². The maximum Gasteiger partial charge on any atom is 0.221 e. The first-order valence-electron chi connectivity index (χ1n) is 6.31. The second kappa shape index (κ2) is 4.55. The van der Waals surface area contributed by atoms with Gasteiger partial charge in [0.15, 0.2) is 0 Å². The molecule has 1 aliphatic carbocycles. The Balaban J connectivity index is 2.00. The van der Waals surface area contributed by atoms with Gasteiger partial charge in [-0.3, -0.25) is 4.79 Å². The Kier molecular flexibility index (Phi) is 3.27. The largest absolute Gasteiger partial charge is 0.469 e. The fourth-order valence-corrected chi connectivity index (χ4v) is 2.36. The summed E-state index contributed by atoms with van der Waals surface area (Å²) in [5.41, 5.74) is 1.20. The maximum atomic E-state index is 11.9. The Bertz CT molecular complexity index is 401. The van der Waals surface area contributed by atoms with E-state index in [1.807, 2.05) is 6.07 Å². The van der Waals surface area contributed by atoms with Crippen LogP contribution in [0.15, 0.2) is 16.7 Å². The molecule has 2 rings (SSSR count). The van der Waals surface area contributed by atoms with Crippen molar-refractivity contribution in [3.05, 3.63) is 23.7 Å². The standard InChI is InChI=1S/C14H21NO2/c1-14(2,3)9-13(16)15-11-5-4-6-12-10(11)7-8-17-12/h7-8,11H,4-6,9H2,1-3H3,(H,15,16). The lowest BCUT2D eigenvalue weighted by atomic mass is 9.90. The number of furan rings is 1. The topological polar surface area (TPSA) is 42.2 Å². The molecule has 94 valence electrons. The first-order chi connectivity index (χ1) is 7.96.